The maximum absolute atomic E-state index is 10.8. The van der Waals surface area contributed by atoms with Crippen LogP contribution in [-0.4, -0.2) is 5.97 Å². The molecule has 1 fully saturated rings. The van der Waals surface area contributed by atoms with Gasteiger partial charge in [0.1, 0.15) is 6.61 Å². The zero-order valence-electron chi connectivity index (χ0n) is 12.0. The molecule has 0 heterocycles. The van der Waals surface area contributed by atoms with Crippen molar-refractivity contribution < 1.29 is 9.53 Å². The summed E-state index contributed by atoms with van der Waals surface area (Å²) in [6.07, 6.45) is 2.28. The van der Waals surface area contributed by atoms with Gasteiger partial charge in [-0.3, -0.25) is 4.79 Å². The van der Waals surface area contributed by atoms with Crippen LogP contribution in [0.4, 0.5) is 0 Å². The molecule has 0 unspecified atom stereocenters. The second-order valence-corrected chi connectivity index (χ2v) is 5.77. The van der Waals surface area contributed by atoms with Gasteiger partial charge in [-0.15, -0.1) is 0 Å². The third-order valence-corrected chi connectivity index (χ3v) is 4.59. The van der Waals surface area contributed by atoms with Crippen LogP contribution in [-0.2, 0) is 21.6 Å². The second-order valence-electron chi connectivity index (χ2n) is 5.77. The Hall–Kier alpha value is -1.57. The molecule has 1 saturated carbocycles. The molecule has 0 aromatic heterocycles. The average Bonchev–Trinajstić information content (AvgIpc) is 2.66. The van der Waals surface area contributed by atoms with Crippen LogP contribution in [0.2, 0.25) is 0 Å². The number of benzene rings is 1. The molecule has 0 saturated heterocycles. The van der Waals surface area contributed by atoms with E-state index in [-0.39, 0.29) is 11.4 Å². The lowest BCUT2D eigenvalue weighted by molar-refractivity contribution is -0.142. The van der Waals surface area contributed by atoms with Crippen LogP contribution in [0.25, 0.3) is 0 Å². The summed E-state index contributed by atoms with van der Waals surface area (Å²) in [7, 11) is 0. The van der Waals surface area contributed by atoms with Gasteiger partial charge in [-0.25, -0.2) is 0 Å². The summed E-state index contributed by atoms with van der Waals surface area (Å²) >= 11 is 0. The molecule has 1 aliphatic rings. The van der Waals surface area contributed by atoms with E-state index >= 15 is 0 Å². The molecule has 2 rings (SSSR count). The van der Waals surface area contributed by atoms with Gasteiger partial charge in [0.25, 0.3) is 0 Å². The molecule has 0 amide bonds. The van der Waals surface area contributed by atoms with Crippen LogP contribution in [0, 0.1) is 5.92 Å². The fourth-order valence-electron chi connectivity index (χ4n) is 2.86. The fourth-order valence-corrected chi connectivity index (χ4v) is 2.86. The fraction of sp³-hybridized carbons (Fsp3) is 0.471. The molecule has 102 valence electrons. The van der Waals surface area contributed by atoms with Crippen LogP contribution in [0.3, 0.4) is 0 Å². The molecule has 0 radical (unpaired) electrons. The van der Waals surface area contributed by atoms with E-state index in [2.05, 4.69) is 44.7 Å². The minimum Gasteiger partial charge on any atom is -0.461 e. The van der Waals surface area contributed by atoms with E-state index in [0.29, 0.717) is 12.5 Å². The summed E-state index contributed by atoms with van der Waals surface area (Å²) < 4.78 is 5.00. The van der Waals surface area contributed by atoms with Crippen molar-refractivity contribution in [2.75, 3.05) is 0 Å². The van der Waals surface area contributed by atoms with Gasteiger partial charge in [0.05, 0.1) is 0 Å². The first-order valence-corrected chi connectivity index (χ1v) is 6.84. The molecule has 0 aliphatic heterocycles. The minimum absolute atomic E-state index is 0.192. The molecule has 1 aromatic rings. The van der Waals surface area contributed by atoms with E-state index in [1.165, 1.54) is 18.1 Å². The lowest BCUT2D eigenvalue weighted by Crippen LogP contribution is -2.25. The van der Waals surface area contributed by atoms with Gasteiger partial charge in [0, 0.05) is 6.92 Å². The molecule has 2 atom stereocenters. The van der Waals surface area contributed by atoms with Gasteiger partial charge >= 0.3 is 5.97 Å². The number of hydrogen-bond acceptors (Lipinski definition) is 2. The van der Waals surface area contributed by atoms with E-state index < -0.39 is 0 Å². The van der Waals surface area contributed by atoms with Crippen molar-refractivity contribution in [3.63, 3.8) is 0 Å². The Balaban J connectivity index is 2.14. The normalized spacial score (nSPS) is 26.5. The number of esters is 1. The van der Waals surface area contributed by atoms with Gasteiger partial charge in [-0.05, 0) is 35.3 Å². The summed E-state index contributed by atoms with van der Waals surface area (Å²) in [5.74, 6) is 0.281. The molecule has 2 heteroatoms. The van der Waals surface area contributed by atoms with Crippen molar-refractivity contribution in [2.45, 2.75) is 45.6 Å². The quantitative estimate of drug-likeness (QED) is 0.605. The van der Waals surface area contributed by atoms with Gasteiger partial charge in [-0.2, -0.15) is 0 Å². The summed E-state index contributed by atoms with van der Waals surface area (Å²) in [6.45, 7) is 10.5. The molecule has 0 bridgehead atoms. The molecule has 1 aliphatic carbocycles. The summed E-state index contributed by atoms with van der Waals surface area (Å²) in [4.78, 5) is 10.8. The van der Waals surface area contributed by atoms with E-state index in [1.807, 2.05) is 0 Å². The lowest BCUT2D eigenvalue weighted by atomic mass is 9.74. The molecule has 19 heavy (non-hydrogen) atoms. The zero-order chi connectivity index (χ0) is 14.0. The van der Waals surface area contributed by atoms with Crippen LogP contribution in [0.5, 0.6) is 0 Å². The van der Waals surface area contributed by atoms with Crippen molar-refractivity contribution in [3.8, 4) is 0 Å². The number of ether oxygens (including phenoxy) is 1. The first kappa shape index (κ1) is 13.9. The maximum Gasteiger partial charge on any atom is 0.302 e. The van der Waals surface area contributed by atoms with Crippen LogP contribution >= 0.6 is 0 Å². The first-order valence-electron chi connectivity index (χ1n) is 6.84. The number of rotatable bonds is 3. The van der Waals surface area contributed by atoms with E-state index in [0.717, 1.165) is 18.4 Å². The smallest absolute Gasteiger partial charge is 0.302 e. The van der Waals surface area contributed by atoms with Crippen molar-refractivity contribution in [1.29, 1.82) is 0 Å². The van der Waals surface area contributed by atoms with Gasteiger partial charge < -0.3 is 4.74 Å². The Morgan fingerprint density at radius 1 is 1.42 bits per heavy atom. The molecular formula is C17H22O2. The summed E-state index contributed by atoms with van der Waals surface area (Å²) in [5.41, 5.74) is 3.93. The molecular weight excluding hydrogens is 236 g/mol. The Kier molecular flexibility index (Phi) is 3.79. The topological polar surface area (TPSA) is 26.3 Å². The third kappa shape index (κ3) is 2.73. The molecule has 0 N–H and O–H groups in total. The predicted molar refractivity (Wildman–Crippen MR) is 76.8 cm³/mol. The molecule has 0 spiro atoms. The number of hydrogen-bond donors (Lipinski definition) is 0. The van der Waals surface area contributed by atoms with E-state index in [1.54, 1.807) is 0 Å². The molecule has 2 nitrogen and oxygen atoms in total. The van der Waals surface area contributed by atoms with Gasteiger partial charge in [0.15, 0.2) is 0 Å². The standard InChI is InChI=1S/C17H22O2/c1-12-9-10-17(4,13(12)2)16-7-5-15(6-8-16)11-19-14(3)18/h5-8,13H,1,9-11H2,2-4H3/t13-,17+/m0/s1. The second kappa shape index (κ2) is 5.20. The lowest BCUT2D eigenvalue weighted by Gasteiger charge is -2.30. The highest BCUT2D eigenvalue weighted by atomic mass is 16.5. The monoisotopic (exact) mass is 258 g/mol. The number of carbonyl (C=O) groups excluding carboxylic acids is 1. The van der Waals surface area contributed by atoms with Crippen molar-refractivity contribution in [2.24, 2.45) is 5.92 Å². The minimum atomic E-state index is -0.239. The van der Waals surface area contributed by atoms with Crippen LogP contribution in [0.15, 0.2) is 36.4 Å². The Morgan fingerprint density at radius 2 is 2.05 bits per heavy atom. The summed E-state index contributed by atoms with van der Waals surface area (Å²) in [6, 6.07) is 8.43. The van der Waals surface area contributed by atoms with Gasteiger partial charge in [-0.1, -0.05) is 50.3 Å². The van der Waals surface area contributed by atoms with Crippen molar-refractivity contribution in [3.05, 3.63) is 47.5 Å². The Labute approximate surface area is 115 Å². The number of carbonyl (C=O) groups is 1. The zero-order valence-corrected chi connectivity index (χ0v) is 12.0. The third-order valence-electron chi connectivity index (χ3n) is 4.59. The predicted octanol–water partition coefficient (Wildman–Crippen LogP) is 3.99. The highest BCUT2D eigenvalue weighted by Gasteiger charge is 2.39. The highest BCUT2D eigenvalue weighted by Crippen LogP contribution is 2.47. The maximum atomic E-state index is 10.8. The van der Waals surface area contributed by atoms with Crippen LogP contribution in [0.1, 0.15) is 44.7 Å². The summed E-state index contributed by atoms with van der Waals surface area (Å²) in [5, 5.41) is 0. The first-order chi connectivity index (χ1) is 8.93. The van der Waals surface area contributed by atoms with Crippen molar-refractivity contribution >= 4 is 5.97 Å². The largest absolute Gasteiger partial charge is 0.461 e. The van der Waals surface area contributed by atoms with Crippen LogP contribution < -0.4 is 0 Å². The Bertz CT molecular complexity index is 486. The average molecular weight is 258 g/mol. The number of allylic oxidation sites excluding steroid dienone is 1. The van der Waals surface area contributed by atoms with E-state index in [9.17, 15) is 4.79 Å². The SMILES string of the molecule is C=C1CC[C@@](C)(c2ccc(COC(C)=O)cc2)[C@H]1C. The van der Waals surface area contributed by atoms with Gasteiger partial charge in [0.2, 0.25) is 0 Å². The molecule has 1 aromatic carbocycles. The Morgan fingerprint density at radius 3 is 2.53 bits per heavy atom. The highest BCUT2D eigenvalue weighted by molar-refractivity contribution is 5.65. The van der Waals surface area contributed by atoms with E-state index in [4.69, 9.17) is 4.74 Å². The van der Waals surface area contributed by atoms with Crippen molar-refractivity contribution in [1.82, 2.24) is 0 Å².